The van der Waals surface area contributed by atoms with E-state index in [4.69, 9.17) is 11.6 Å². The van der Waals surface area contributed by atoms with Gasteiger partial charge in [0.2, 0.25) is 5.28 Å². The Hall–Kier alpha value is -1.56. The number of aryl methyl sites for hydroxylation is 1. The molecular weight excluding hydrogens is 413 g/mol. The predicted octanol–water partition coefficient (Wildman–Crippen LogP) is 4.14. The van der Waals surface area contributed by atoms with Crippen molar-refractivity contribution in [3.05, 3.63) is 40.0 Å². The normalized spacial score (nSPS) is 11.7. The van der Waals surface area contributed by atoms with Gasteiger partial charge in [0.05, 0.1) is 21.0 Å². The lowest BCUT2D eigenvalue weighted by Crippen LogP contribution is -2.14. The van der Waals surface area contributed by atoms with Crippen LogP contribution in [0.5, 0.6) is 0 Å². The van der Waals surface area contributed by atoms with E-state index in [2.05, 4.69) is 41.2 Å². The molecule has 0 aliphatic carbocycles. The minimum atomic E-state index is -2.64. The maximum Gasteiger partial charge on any atom is 0.224 e. The maximum absolute atomic E-state index is 12.9. The van der Waals surface area contributed by atoms with Gasteiger partial charge < -0.3 is 9.88 Å². The van der Waals surface area contributed by atoms with Crippen molar-refractivity contribution in [2.75, 3.05) is 18.6 Å². The first-order chi connectivity index (χ1) is 11.3. The summed E-state index contributed by atoms with van der Waals surface area (Å²) in [5, 5.41) is 3.96. The van der Waals surface area contributed by atoms with Gasteiger partial charge >= 0.3 is 0 Å². The molecule has 2 heterocycles. The van der Waals surface area contributed by atoms with Crippen LogP contribution in [-0.2, 0) is 4.57 Å². The number of hydrogen-bond donors (Lipinski definition) is 1. The van der Waals surface area contributed by atoms with Crippen LogP contribution < -0.4 is 10.6 Å². The van der Waals surface area contributed by atoms with E-state index >= 15 is 0 Å². The summed E-state index contributed by atoms with van der Waals surface area (Å²) in [5.41, 5.74) is 2.96. The summed E-state index contributed by atoms with van der Waals surface area (Å²) in [6.45, 7) is 5.35. The zero-order valence-electron chi connectivity index (χ0n) is 13.2. The highest BCUT2D eigenvalue weighted by molar-refractivity contribution is 9.10. The number of fused-ring (bicyclic) bond motifs is 1. The highest BCUT2D eigenvalue weighted by Gasteiger charge is 2.23. The van der Waals surface area contributed by atoms with E-state index in [-0.39, 0.29) is 5.28 Å². The van der Waals surface area contributed by atoms with Crippen LogP contribution in [0.25, 0.3) is 11.0 Å². The van der Waals surface area contributed by atoms with Crippen LogP contribution in [0.15, 0.2) is 29.1 Å². The average molecular weight is 427 g/mol. The van der Waals surface area contributed by atoms with E-state index in [9.17, 15) is 4.57 Å². The molecule has 6 nitrogen and oxygen atoms in total. The van der Waals surface area contributed by atoms with Crippen LogP contribution >= 0.6 is 34.7 Å². The van der Waals surface area contributed by atoms with Crippen LogP contribution in [-0.4, -0.2) is 33.3 Å². The summed E-state index contributed by atoms with van der Waals surface area (Å²) in [4.78, 5) is 16.9. The number of hydrogen-bond acceptors (Lipinski definition) is 6. The van der Waals surface area contributed by atoms with Crippen molar-refractivity contribution in [3.8, 4) is 0 Å². The molecule has 0 saturated carbocycles. The van der Waals surface area contributed by atoms with Crippen LogP contribution in [0.2, 0.25) is 5.28 Å². The summed E-state index contributed by atoms with van der Waals surface area (Å²) in [6, 6.07) is 1.90. The molecule has 24 heavy (non-hydrogen) atoms. The molecule has 0 spiro atoms. The van der Waals surface area contributed by atoms with Crippen molar-refractivity contribution in [2.24, 2.45) is 0 Å². The maximum atomic E-state index is 12.9. The molecule has 0 aliphatic rings. The Morgan fingerprint density at radius 1 is 1.17 bits per heavy atom. The number of aromatic nitrogens is 4. The number of benzene rings is 1. The SMILES string of the molecule is Cc1cc(Nc2nc(Cl)ncc2Br)c(P(C)(C)=O)c2nccnc12. The quantitative estimate of drug-likeness (QED) is 0.501. The first-order valence-corrected chi connectivity index (χ1v) is 10.8. The van der Waals surface area contributed by atoms with E-state index < -0.39 is 7.14 Å². The second-order valence-electron chi connectivity index (χ2n) is 5.65. The fourth-order valence-electron chi connectivity index (χ4n) is 2.48. The van der Waals surface area contributed by atoms with Crippen LogP contribution in [0, 0.1) is 6.92 Å². The average Bonchev–Trinajstić information content (AvgIpc) is 2.50. The molecule has 0 radical (unpaired) electrons. The van der Waals surface area contributed by atoms with Gasteiger partial charge in [-0.25, -0.2) is 4.98 Å². The minimum absolute atomic E-state index is 0.121. The third kappa shape index (κ3) is 3.29. The number of rotatable bonds is 3. The molecule has 2 aromatic heterocycles. The molecule has 0 atom stereocenters. The molecular formula is C15H14BrClN5OP. The smallest absolute Gasteiger partial charge is 0.224 e. The second-order valence-corrected chi connectivity index (χ2v) is 10.00. The highest BCUT2D eigenvalue weighted by atomic mass is 79.9. The lowest BCUT2D eigenvalue weighted by molar-refractivity contribution is 0.588. The van der Waals surface area contributed by atoms with E-state index in [0.29, 0.717) is 26.8 Å². The van der Waals surface area contributed by atoms with E-state index in [1.54, 1.807) is 31.9 Å². The second kappa shape index (κ2) is 6.39. The summed E-state index contributed by atoms with van der Waals surface area (Å²) < 4.78 is 13.6. The first kappa shape index (κ1) is 17.3. The largest absolute Gasteiger partial charge is 0.338 e. The van der Waals surface area contributed by atoms with E-state index in [0.717, 1.165) is 11.1 Å². The summed E-state index contributed by atoms with van der Waals surface area (Å²) in [5.74, 6) is 0.493. The van der Waals surface area contributed by atoms with Gasteiger partial charge in [0.25, 0.3) is 0 Å². The van der Waals surface area contributed by atoms with Crippen molar-refractivity contribution in [2.45, 2.75) is 6.92 Å². The molecule has 3 rings (SSSR count). The Bertz CT molecular complexity index is 991. The van der Waals surface area contributed by atoms with Crippen LogP contribution in [0.3, 0.4) is 0 Å². The molecule has 0 fully saturated rings. The zero-order chi connectivity index (χ0) is 17.5. The van der Waals surface area contributed by atoms with Gasteiger partial charge in [0.15, 0.2) is 0 Å². The van der Waals surface area contributed by atoms with Crippen molar-refractivity contribution in [1.82, 2.24) is 19.9 Å². The molecule has 0 bridgehead atoms. The third-order valence-corrected chi connectivity index (χ3v) is 5.71. The molecule has 3 aromatic rings. The molecule has 0 amide bonds. The zero-order valence-corrected chi connectivity index (χ0v) is 16.4. The van der Waals surface area contributed by atoms with Gasteiger partial charge in [-0.15, -0.1) is 0 Å². The number of nitrogens with zero attached hydrogens (tertiary/aromatic N) is 4. The highest BCUT2D eigenvalue weighted by Crippen LogP contribution is 2.41. The lowest BCUT2D eigenvalue weighted by Gasteiger charge is -2.18. The standard InChI is InChI=1S/C15H14BrClN5OP/c1-8-6-10(21-14-9(16)7-20-15(17)22-14)13(24(2,3)23)12-11(8)18-4-5-19-12/h4-7H,1-3H3,(H,20,21,22). The van der Waals surface area contributed by atoms with E-state index in [1.807, 2.05) is 13.0 Å². The molecule has 124 valence electrons. The van der Waals surface area contributed by atoms with Gasteiger partial charge in [-0.2, -0.15) is 4.98 Å². The summed E-state index contributed by atoms with van der Waals surface area (Å²) >= 11 is 9.27. The van der Waals surface area contributed by atoms with Crippen LogP contribution in [0.1, 0.15) is 5.56 Å². The fourth-order valence-corrected chi connectivity index (χ4v) is 4.28. The molecule has 9 heteroatoms. The predicted molar refractivity (Wildman–Crippen MR) is 101 cm³/mol. The summed E-state index contributed by atoms with van der Waals surface area (Å²) in [7, 11) is -2.64. The number of halogens is 2. The van der Waals surface area contributed by atoms with Crippen molar-refractivity contribution in [1.29, 1.82) is 0 Å². The Labute approximate surface area is 152 Å². The summed E-state index contributed by atoms with van der Waals surface area (Å²) in [6.07, 6.45) is 4.79. The number of nitrogens with one attached hydrogen (secondary N) is 1. The van der Waals surface area contributed by atoms with Gasteiger partial charge in [0.1, 0.15) is 18.5 Å². The molecule has 1 aromatic carbocycles. The van der Waals surface area contributed by atoms with E-state index in [1.165, 1.54) is 0 Å². The Morgan fingerprint density at radius 2 is 1.83 bits per heavy atom. The van der Waals surface area contributed by atoms with Gasteiger partial charge in [-0.3, -0.25) is 9.97 Å². The molecule has 0 aliphatic heterocycles. The van der Waals surface area contributed by atoms with Crippen molar-refractivity contribution in [3.63, 3.8) is 0 Å². The van der Waals surface area contributed by atoms with Crippen molar-refractivity contribution < 1.29 is 4.57 Å². The topological polar surface area (TPSA) is 80.7 Å². The number of anilines is 2. The Balaban J connectivity index is 2.28. The Morgan fingerprint density at radius 3 is 2.50 bits per heavy atom. The monoisotopic (exact) mass is 425 g/mol. The van der Waals surface area contributed by atoms with Gasteiger partial charge in [-0.1, -0.05) is 0 Å². The van der Waals surface area contributed by atoms with Gasteiger partial charge in [-0.05, 0) is 59.4 Å². The van der Waals surface area contributed by atoms with Crippen LogP contribution in [0.4, 0.5) is 11.5 Å². The van der Waals surface area contributed by atoms with Crippen molar-refractivity contribution >= 4 is 62.5 Å². The fraction of sp³-hybridized carbons (Fsp3) is 0.200. The first-order valence-electron chi connectivity index (χ1n) is 7.02. The minimum Gasteiger partial charge on any atom is -0.338 e. The Kier molecular flexibility index (Phi) is 4.60. The van der Waals surface area contributed by atoms with Gasteiger partial charge in [0, 0.05) is 18.6 Å². The molecule has 0 unspecified atom stereocenters. The molecule has 0 saturated heterocycles. The molecule has 1 N–H and O–H groups in total. The third-order valence-electron chi connectivity index (χ3n) is 3.42. The lowest BCUT2D eigenvalue weighted by atomic mass is 10.1.